The zero-order valence-electron chi connectivity index (χ0n) is 10.7. The molecule has 0 spiro atoms. The summed E-state index contributed by atoms with van der Waals surface area (Å²) in [6.07, 6.45) is 0. The minimum Gasteiger partial charge on any atom is -0.454 e. The Labute approximate surface area is 124 Å². The molecule has 2 N–H and O–H groups in total. The van der Waals surface area contributed by atoms with Crippen LogP contribution in [0.25, 0.3) is 11.4 Å². The molecule has 0 bridgehead atoms. The second-order valence-corrected chi connectivity index (χ2v) is 4.99. The predicted molar refractivity (Wildman–Crippen MR) is 76.4 cm³/mol. The van der Waals surface area contributed by atoms with Gasteiger partial charge in [0.1, 0.15) is 5.82 Å². The number of nitrogens with zero attached hydrogens (tertiary/aromatic N) is 2. The summed E-state index contributed by atoms with van der Waals surface area (Å²) in [5.41, 5.74) is 7.40. The van der Waals surface area contributed by atoms with Crippen LogP contribution in [0, 0.1) is 0 Å². The van der Waals surface area contributed by atoms with E-state index in [0.29, 0.717) is 34.2 Å². The molecule has 20 heavy (non-hydrogen) atoms. The maximum atomic E-state index is 5.89. The Morgan fingerprint density at radius 1 is 1.30 bits per heavy atom. The van der Waals surface area contributed by atoms with Gasteiger partial charge in [-0.1, -0.05) is 0 Å². The maximum Gasteiger partial charge on any atom is 0.231 e. The minimum atomic E-state index is 0.233. The molecule has 1 aromatic heterocycles. The van der Waals surface area contributed by atoms with Crippen LogP contribution in [0.3, 0.4) is 0 Å². The third-order valence-electron chi connectivity index (χ3n) is 2.86. The SMILES string of the molecule is COCc1nc(-c2ccc3c(c2)OCO3)nc(N)c1Br. The topological polar surface area (TPSA) is 79.5 Å². The van der Waals surface area contributed by atoms with Crippen molar-refractivity contribution in [3.8, 4) is 22.9 Å². The van der Waals surface area contributed by atoms with E-state index in [1.165, 1.54) is 0 Å². The lowest BCUT2D eigenvalue weighted by molar-refractivity contribution is 0.174. The number of anilines is 1. The maximum absolute atomic E-state index is 5.89. The first kappa shape index (κ1) is 13.1. The van der Waals surface area contributed by atoms with Crippen molar-refractivity contribution in [1.82, 2.24) is 9.97 Å². The van der Waals surface area contributed by atoms with Crippen molar-refractivity contribution in [2.45, 2.75) is 6.61 Å². The Balaban J connectivity index is 2.05. The van der Waals surface area contributed by atoms with E-state index in [4.69, 9.17) is 19.9 Å². The molecular formula is C13H12BrN3O3. The largest absolute Gasteiger partial charge is 0.454 e. The summed E-state index contributed by atoms with van der Waals surface area (Å²) < 4.78 is 16.4. The van der Waals surface area contributed by atoms with Gasteiger partial charge in [-0.25, -0.2) is 9.97 Å². The number of benzene rings is 1. The number of aromatic nitrogens is 2. The highest BCUT2D eigenvalue weighted by atomic mass is 79.9. The Bertz CT molecular complexity index is 664. The number of fused-ring (bicyclic) bond motifs is 1. The molecule has 3 rings (SSSR count). The predicted octanol–water partition coefficient (Wildman–Crippen LogP) is 2.36. The lowest BCUT2D eigenvalue weighted by Crippen LogP contribution is -2.03. The fourth-order valence-electron chi connectivity index (χ4n) is 1.91. The highest BCUT2D eigenvalue weighted by molar-refractivity contribution is 9.10. The fourth-order valence-corrected chi connectivity index (χ4v) is 2.20. The molecule has 0 unspecified atom stereocenters. The van der Waals surface area contributed by atoms with E-state index in [0.717, 1.165) is 11.3 Å². The fraction of sp³-hybridized carbons (Fsp3) is 0.231. The van der Waals surface area contributed by atoms with Crippen molar-refractivity contribution in [1.29, 1.82) is 0 Å². The van der Waals surface area contributed by atoms with Crippen LogP contribution in [-0.2, 0) is 11.3 Å². The van der Waals surface area contributed by atoms with Crippen LogP contribution in [0.4, 0.5) is 5.82 Å². The van der Waals surface area contributed by atoms with Gasteiger partial charge in [0.15, 0.2) is 17.3 Å². The Morgan fingerprint density at radius 3 is 2.90 bits per heavy atom. The van der Waals surface area contributed by atoms with Gasteiger partial charge in [0.25, 0.3) is 0 Å². The van der Waals surface area contributed by atoms with Crippen LogP contribution < -0.4 is 15.2 Å². The van der Waals surface area contributed by atoms with E-state index in [1.807, 2.05) is 18.2 Å². The van der Waals surface area contributed by atoms with Crippen molar-refractivity contribution in [2.75, 3.05) is 19.6 Å². The molecule has 7 heteroatoms. The summed E-state index contributed by atoms with van der Waals surface area (Å²) >= 11 is 3.36. The lowest BCUT2D eigenvalue weighted by atomic mass is 10.2. The Kier molecular flexibility index (Phi) is 3.45. The first-order chi connectivity index (χ1) is 9.69. The highest BCUT2D eigenvalue weighted by Crippen LogP contribution is 2.35. The zero-order valence-corrected chi connectivity index (χ0v) is 12.3. The van der Waals surface area contributed by atoms with Crippen molar-refractivity contribution in [2.24, 2.45) is 0 Å². The number of methoxy groups -OCH3 is 1. The molecule has 0 amide bonds. The van der Waals surface area contributed by atoms with E-state index in [9.17, 15) is 0 Å². The van der Waals surface area contributed by atoms with Crippen molar-refractivity contribution in [3.63, 3.8) is 0 Å². The second-order valence-electron chi connectivity index (χ2n) is 4.19. The van der Waals surface area contributed by atoms with Gasteiger partial charge in [-0.05, 0) is 34.1 Å². The molecule has 104 valence electrons. The number of hydrogen-bond donors (Lipinski definition) is 1. The van der Waals surface area contributed by atoms with Crippen LogP contribution in [0.5, 0.6) is 11.5 Å². The molecule has 0 atom stereocenters. The Hall–Kier alpha value is -1.86. The summed E-state index contributed by atoms with van der Waals surface area (Å²) in [4.78, 5) is 8.74. The monoisotopic (exact) mass is 337 g/mol. The van der Waals surface area contributed by atoms with E-state index >= 15 is 0 Å². The summed E-state index contributed by atoms with van der Waals surface area (Å²) in [6, 6.07) is 5.53. The molecule has 0 saturated carbocycles. The molecule has 0 radical (unpaired) electrons. The van der Waals surface area contributed by atoms with Crippen LogP contribution in [0.15, 0.2) is 22.7 Å². The van der Waals surface area contributed by atoms with Crippen LogP contribution in [-0.4, -0.2) is 23.9 Å². The molecule has 1 aromatic carbocycles. The van der Waals surface area contributed by atoms with Crippen LogP contribution in [0.1, 0.15) is 5.69 Å². The molecule has 0 saturated heterocycles. The summed E-state index contributed by atoms with van der Waals surface area (Å²) in [5, 5.41) is 0. The number of rotatable bonds is 3. The third-order valence-corrected chi connectivity index (χ3v) is 3.72. The van der Waals surface area contributed by atoms with Gasteiger partial charge in [-0.15, -0.1) is 0 Å². The zero-order chi connectivity index (χ0) is 14.1. The number of nitrogens with two attached hydrogens (primary N) is 1. The molecule has 0 fully saturated rings. The number of ether oxygens (including phenoxy) is 3. The van der Waals surface area contributed by atoms with Gasteiger partial charge < -0.3 is 19.9 Å². The summed E-state index contributed by atoms with van der Waals surface area (Å²) in [7, 11) is 1.60. The second kappa shape index (κ2) is 5.26. The van der Waals surface area contributed by atoms with E-state index < -0.39 is 0 Å². The number of nitrogen functional groups attached to an aromatic ring is 1. The average Bonchev–Trinajstić information content (AvgIpc) is 2.91. The van der Waals surface area contributed by atoms with E-state index in [-0.39, 0.29) is 6.79 Å². The van der Waals surface area contributed by atoms with Crippen molar-refractivity contribution >= 4 is 21.7 Å². The third kappa shape index (κ3) is 2.30. The van der Waals surface area contributed by atoms with Crippen LogP contribution in [0.2, 0.25) is 0 Å². The molecule has 2 heterocycles. The van der Waals surface area contributed by atoms with Gasteiger partial charge in [0.05, 0.1) is 16.8 Å². The van der Waals surface area contributed by atoms with Gasteiger partial charge in [-0.2, -0.15) is 0 Å². The number of halogens is 1. The van der Waals surface area contributed by atoms with Gasteiger partial charge in [0.2, 0.25) is 6.79 Å². The van der Waals surface area contributed by atoms with Crippen molar-refractivity contribution in [3.05, 3.63) is 28.4 Å². The quantitative estimate of drug-likeness (QED) is 0.926. The number of hydrogen-bond acceptors (Lipinski definition) is 6. The molecule has 6 nitrogen and oxygen atoms in total. The molecule has 2 aromatic rings. The standard InChI is InChI=1S/C13H12BrN3O3/c1-18-5-8-11(14)12(15)17-13(16-8)7-2-3-9-10(4-7)20-6-19-9/h2-4H,5-6H2,1H3,(H2,15,16,17). The first-order valence-electron chi connectivity index (χ1n) is 5.90. The molecule has 1 aliphatic heterocycles. The minimum absolute atomic E-state index is 0.233. The Morgan fingerprint density at radius 2 is 2.10 bits per heavy atom. The van der Waals surface area contributed by atoms with Crippen LogP contribution >= 0.6 is 15.9 Å². The molecular weight excluding hydrogens is 326 g/mol. The van der Waals surface area contributed by atoms with Crippen molar-refractivity contribution < 1.29 is 14.2 Å². The van der Waals surface area contributed by atoms with Gasteiger partial charge in [-0.3, -0.25) is 0 Å². The highest BCUT2D eigenvalue weighted by Gasteiger charge is 2.16. The normalized spacial score (nSPS) is 12.7. The lowest BCUT2D eigenvalue weighted by Gasteiger charge is -2.08. The molecule has 0 aliphatic carbocycles. The molecule has 1 aliphatic rings. The smallest absolute Gasteiger partial charge is 0.231 e. The van der Waals surface area contributed by atoms with E-state index in [2.05, 4.69) is 25.9 Å². The summed E-state index contributed by atoms with van der Waals surface area (Å²) in [5.74, 6) is 2.30. The van der Waals surface area contributed by atoms with Gasteiger partial charge in [0, 0.05) is 12.7 Å². The average molecular weight is 338 g/mol. The van der Waals surface area contributed by atoms with E-state index in [1.54, 1.807) is 7.11 Å². The first-order valence-corrected chi connectivity index (χ1v) is 6.69. The summed E-state index contributed by atoms with van der Waals surface area (Å²) in [6.45, 7) is 0.585. The van der Waals surface area contributed by atoms with Gasteiger partial charge >= 0.3 is 0 Å².